The second-order valence-electron chi connectivity index (χ2n) is 8.23. The number of hydrogen-bond acceptors (Lipinski definition) is 7. The number of halogens is 1. The molecule has 0 amide bonds. The van der Waals surface area contributed by atoms with Crippen LogP contribution >= 0.6 is 22.9 Å². The Labute approximate surface area is 175 Å². The Bertz CT molecular complexity index is 759. The fourth-order valence-electron chi connectivity index (χ4n) is 4.37. The SMILES string of the molecule is ClC1CN(C(c2cc3ncncc3s2)N2CCC(NCC3CC3)CC2)CCO1. The standard InChI is InChI=1S/C20H28ClN5OS/c21-19-12-26(7-8-27-19)20(17-9-16-18(28-17)11-22-13-24-16)25-5-3-15(4-6-25)23-10-14-1-2-14/h9,11,13-15,19-20,23H,1-8,10,12H2. The Morgan fingerprint density at radius 3 is 2.82 bits per heavy atom. The predicted octanol–water partition coefficient (Wildman–Crippen LogP) is 3.05. The second-order valence-corrected chi connectivity index (χ2v) is 9.83. The van der Waals surface area contributed by atoms with Crippen LogP contribution in [0.1, 0.15) is 36.7 Å². The van der Waals surface area contributed by atoms with Crippen molar-refractivity contribution in [1.82, 2.24) is 25.1 Å². The Hall–Kier alpha value is -0.830. The molecular formula is C20H28ClN5OS. The topological polar surface area (TPSA) is 53.5 Å². The number of nitrogens with one attached hydrogen (secondary N) is 1. The van der Waals surface area contributed by atoms with Crippen molar-refractivity contribution in [3.63, 3.8) is 0 Å². The third-order valence-electron chi connectivity index (χ3n) is 6.14. The van der Waals surface area contributed by atoms with Gasteiger partial charge in [-0.05, 0) is 44.2 Å². The Morgan fingerprint density at radius 1 is 1.21 bits per heavy atom. The van der Waals surface area contributed by atoms with E-state index in [2.05, 4.69) is 31.2 Å². The molecule has 8 heteroatoms. The summed E-state index contributed by atoms with van der Waals surface area (Å²) in [6.45, 7) is 5.78. The molecule has 1 aliphatic carbocycles. The van der Waals surface area contributed by atoms with E-state index in [1.54, 1.807) is 6.33 Å². The second kappa shape index (κ2) is 8.50. The molecule has 2 atom stereocenters. The number of piperidine rings is 1. The summed E-state index contributed by atoms with van der Waals surface area (Å²) in [7, 11) is 0. The Balaban J connectivity index is 1.33. The maximum absolute atomic E-state index is 6.35. The van der Waals surface area contributed by atoms with Gasteiger partial charge in [0.05, 0.1) is 23.0 Å². The number of nitrogens with zero attached hydrogens (tertiary/aromatic N) is 4. The molecule has 3 fully saturated rings. The van der Waals surface area contributed by atoms with E-state index in [9.17, 15) is 0 Å². The van der Waals surface area contributed by atoms with Crippen LogP contribution in [0.5, 0.6) is 0 Å². The van der Waals surface area contributed by atoms with Crippen LogP contribution in [-0.2, 0) is 4.74 Å². The number of alkyl halides is 1. The number of likely N-dealkylation sites (tertiary alicyclic amines) is 1. The van der Waals surface area contributed by atoms with E-state index in [1.165, 1.54) is 37.1 Å². The maximum Gasteiger partial charge on any atom is 0.143 e. The van der Waals surface area contributed by atoms with Crippen LogP contribution < -0.4 is 5.32 Å². The van der Waals surface area contributed by atoms with Crippen molar-refractivity contribution in [3.8, 4) is 0 Å². The van der Waals surface area contributed by atoms with Crippen molar-refractivity contribution in [2.45, 2.75) is 43.5 Å². The van der Waals surface area contributed by atoms with Crippen LogP contribution in [0.3, 0.4) is 0 Å². The molecule has 1 saturated carbocycles. The van der Waals surface area contributed by atoms with Gasteiger partial charge < -0.3 is 10.1 Å². The molecule has 2 aromatic heterocycles. The lowest BCUT2D eigenvalue weighted by Gasteiger charge is -2.44. The molecule has 2 unspecified atom stereocenters. The van der Waals surface area contributed by atoms with Gasteiger partial charge in [0.15, 0.2) is 0 Å². The first-order valence-electron chi connectivity index (χ1n) is 10.4. The number of morpholine rings is 1. The minimum atomic E-state index is -0.233. The van der Waals surface area contributed by atoms with E-state index < -0.39 is 0 Å². The van der Waals surface area contributed by atoms with Crippen LogP contribution in [0.4, 0.5) is 0 Å². The first-order chi connectivity index (χ1) is 13.8. The summed E-state index contributed by atoms with van der Waals surface area (Å²) in [5.74, 6) is 0.944. The van der Waals surface area contributed by atoms with Gasteiger partial charge in [0.2, 0.25) is 0 Å². The van der Waals surface area contributed by atoms with Crippen LogP contribution in [0.25, 0.3) is 10.2 Å². The number of fused-ring (bicyclic) bond motifs is 1. The van der Waals surface area contributed by atoms with Crippen molar-refractivity contribution < 1.29 is 4.74 Å². The minimum absolute atomic E-state index is 0.233. The third-order valence-corrected chi connectivity index (χ3v) is 7.50. The third kappa shape index (κ3) is 4.35. The minimum Gasteiger partial charge on any atom is -0.360 e. The quantitative estimate of drug-likeness (QED) is 0.723. The van der Waals surface area contributed by atoms with E-state index in [1.807, 2.05) is 17.5 Å². The summed E-state index contributed by atoms with van der Waals surface area (Å²) < 4.78 is 6.75. The van der Waals surface area contributed by atoms with Gasteiger partial charge in [-0.25, -0.2) is 9.97 Å². The molecule has 4 heterocycles. The zero-order valence-corrected chi connectivity index (χ0v) is 17.7. The maximum atomic E-state index is 6.35. The van der Waals surface area contributed by atoms with Gasteiger partial charge >= 0.3 is 0 Å². The van der Waals surface area contributed by atoms with E-state index in [4.69, 9.17) is 16.3 Å². The average molecular weight is 422 g/mol. The van der Waals surface area contributed by atoms with Gasteiger partial charge in [0.25, 0.3) is 0 Å². The molecule has 0 radical (unpaired) electrons. The van der Waals surface area contributed by atoms with Crippen molar-refractivity contribution in [3.05, 3.63) is 23.5 Å². The van der Waals surface area contributed by atoms with Crippen LogP contribution in [-0.4, -0.2) is 70.7 Å². The van der Waals surface area contributed by atoms with Gasteiger partial charge in [-0.3, -0.25) is 9.80 Å². The number of rotatable bonds is 6. The van der Waals surface area contributed by atoms with Gasteiger partial charge in [-0.2, -0.15) is 0 Å². The van der Waals surface area contributed by atoms with E-state index in [0.29, 0.717) is 12.6 Å². The lowest BCUT2D eigenvalue weighted by molar-refractivity contribution is -0.0541. The van der Waals surface area contributed by atoms with Crippen molar-refractivity contribution >= 4 is 33.2 Å². The number of ether oxygens (including phenoxy) is 1. The number of hydrogen-bond donors (Lipinski definition) is 1. The molecule has 5 rings (SSSR count). The fourth-order valence-corrected chi connectivity index (χ4v) is 5.80. The summed E-state index contributed by atoms with van der Waals surface area (Å²) in [6, 6.07) is 2.90. The van der Waals surface area contributed by atoms with Gasteiger partial charge in [0.1, 0.15) is 11.9 Å². The van der Waals surface area contributed by atoms with Crippen LogP contribution in [0, 0.1) is 5.92 Å². The van der Waals surface area contributed by atoms with Crippen LogP contribution in [0.2, 0.25) is 0 Å². The smallest absolute Gasteiger partial charge is 0.143 e. The lowest BCUT2D eigenvalue weighted by Crippen LogP contribution is -2.52. The summed E-state index contributed by atoms with van der Waals surface area (Å²) in [4.78, 5) is 15.1. The number of aromatic nitrogens is 2. The fraction of sp³-hybridized carbons (Fsp3) is 0.700. The molecule has 2 aliphatic heterocycles. The van der Waals surface area contributed by atoms with E-state index in [-0.39, 0.29) is 11.7 Å². The molecule has 0 aromatic carbocycles. The molecule has 28 heavy (non-hydrogen) atoms. The Kier molecular flexibility index (Phi) is 5.81. The molecule has 3 aliphatic rings. The van der Waals surface area contributed by atoms with E-state index in [0.717, 1.165) is 42.3 Å². The van der Waals surface area contributed by atoms with Gasteiger partial charge in [0, 0.05) is 43.3 Å². The van der Waals surface area contributed by atoms with Gasteiger partial charge in [-0.1, -0.05) is 11.6 Å². The predicted molar refractivity (Wildman–Crippen MR) is 113 cm³/mol. The van der Waals surface area contributed by atoms with Gasteiger partial charge in [-0.15, -0.1) is 11.3 Å². The average Bonchev–Trinajstić information content (AvgIpc) is 3.45. The highest BCUT2D eigenvalue weighted by atomic mass is 35.5. The summed E-state index contributed by atoms with van der Waals surface area (Å²) in [5, 5.41) is 3.79. The summed E-state index contributed by atoms with van der Waals surface area (Å²) in [5.41, 5.74) is 0.805. The summed E-state index contributed by atoms with van der Waals surface area (Å²) >= 11 is 8.16. The van der Waals surface area contributed by atoms with Crippen LogP contribution in [0.15, 0.2) is 18.6 Å². The van der Waals surface area contributed by atoms with Crippen molar-refractivity contribution in [2.24, 2.45) is 5.92 Å². The molecule has 0 bridgehead atoms. The molecule has 2 saturated heterocycles. The van der Waals surface area contributed by atoms with Crippen molar-refractivity contribution in [2.75, 3.05) is 39.3 Å². The molecule has 6 nitrogen and oxygen atoms in total. The summed E-state index contributed by atoms with van der Waals surface area (Å²) in [6.07, 6.45) is 9.05. The van der Waals surface area contributed by atoms with Crippen molar-refractivity contribution in [1.29, 1.82) is 0 Å². The first-order valence-corrected chi connectivity index (χ1v) is 11.7. The molecule has 0 spiro atoms. The van der Waals surface area contributed by atoms with E-state index >= 15 is 0 Å². The monoisotopic (exact) mass is 421 g/mol. The highest BCUT2D eigenvalue weighted by molar-refractivity contribution is 7.19. The highest BCUT2D eigenvalue weighted by Crippen LogP contribution is 2.36. The lowest BCUT2D eigenvalue weighted by atomic mass is 10.0. The first kappa shape index (κ1) is 19.2. The molecule has 2 aromatic rings. The molecular weight excluding hydrogens is 394 g/mol. The normalized spacial score (nSPS) is 26.7. The molecule has 1 N–H and O–H groups in total. The Morgan fingerprint density at radius 2 is 2.07 bits per heavy atom. The molecule has 152 valence electrons. The number of thiophene rings is 1. The zero-order chi connectivity index (χ0) is 18.9. The highest BCUT2D eigenvalue weighted by Gasteiger charge is 2.34. The zero-order valence-electron chi connectivity index (χ0n) is 16.1. The largest absolute Gasteiger partial charge is 0.360 e.